The van der Waals surface area contributed by atoms with Gasteiger partial charge in [0, 0.05) is 41.3 Å². The fourth-order valence-corrected chi connectivity index (χ4v) is 4.51. The van der Waals surface area contributed by atoms with Crippen molar-refractivity contribution in [3.8, 4) is 29.1 Å². The molecule has 1 atom stereocenters. The molecule has 0 bridgehead atoms. The Morgan fingerprint density at radius 3 is 2.67 bits per heavy atom. The number of hydrogen-bond acceptors (Lipinski definition) is 5. The van der Waals surface area contributed by atoms with E-state index in [1.165, 1.54) is 0 Å². The second-order valence-electron chi connectivity index (χ2n) is 8.29. The highest BCUT2D eigenvalue weighted by atomic mass is 16.7. The molecule has 0 saturated heterocycles. The van der Waals surface area contributed by atoms with Crippen molar-refractivity contribution in [2.45, 2.75) is 18.9 Å². The summed E-state index contributed by atoms with van der Waals surface area (Å²) in [5.74, 6) is 8.41. The predicted octanol–water partition coefficient (Wildman–Crippen LogP) is 4.63. The van der Waals surface area contributed by atoms with Gasteiger partial charge in [-0.2, -0.15) is 0 Å². The van der Waals surface area contributed by atoms with Crippen molar-refractivity contribution < 1.29 is 19.0 Å². The molecule has 5 heteroatoms. The number of fused-ring (bicyclic) bond motifs is 2. The molecule has 5 rings (SSSR count). The third kappa shape index (κ3) is 4.18. The normalized spacial score (nSPS) is 16.5. The van der Waals surface area contributed by atoms with E-state index in [4.69, 9.17) is 14.2 Å². The quantitative estimate of drug-likeness (QED) is 0.438. The lowest BCUT2D eigenvalue weighted by Crippen LogP contribution is -2.34. The van der Waals surface area contributed by atoms with Gasteiger partial charge in [-0.3, -0.25) is 9.69 Å². The first-order chi connectivity index (χ1) is 16.1. The monoisotopic (exact) mass is 439 g/mol. The van der Waals surface area contributed by atoms with Crippen LogP contribution in [-0.4, -0.2) is 38.2 Å². The highest BCUT2D eigenvalue weighted by Crippen LogP contribution is 2.50. The van der Waals surface area contributed by atoms with Gasteiger partial charge >= 0.3 is 0 Å². The minimum absolute atomic E-state index is 0.0720. The van der Waals surface area contributed by atoms with Crippen LogP contribution in [0.3, 0.4) is 0 Å². The minimum atomic E-state index is -0.107. The smallest absolute Gasteiger partial charge is 0.231 e. The van der Waals surface area contributed by atoms with Gasteiger partial charge in [-0.15, -0.1) is 0 Å². The SMILES string of the molecule is COc1c2c(cc3c1[C@H](CC(=O)c1cccc(C#Cc4ccccc4)c1)N(C)CC3)OCO2. The molecule has 2 aliphatic rings. The highest BCUT2D eigenvalue weighted by molar-refractivity contribution is 5.97. The summed E-state index contributed by atoms with van der Waals surface area (Å²) in [6, 6.07) is 19.3. The third-order valence-electron chi connectivity index (χ3n) is 6.24. The van der Waals surface area contributed by atoms with Crippen molar-refractivity contribution >= 4 is 5.78 Å². The van der Waals surface area contributed by atoms with Crippen molar-refractivity contribution in [3.05, 3.63) is 88.5 Å². The van der Waals surface area contributed by atoms with Crippen LogP contribution < -0.4 is 14.2 Å². The summed E-state index contributed by atoms with van der Waals surface area (Å²) in [5, 5.41) is 0. The molecule has 0 saturated carbocycles. The summed E-state index contributed by atoms with van der Waals surface area (Å²) in [5.41, 5.74) is 4.59. The lowest BCUT2D eigenvalue weighted by Gasteiger charge is -2.35. The molecule has 2 aliphatic heterocycles. The molecule has 166 valence electrons. The lowest BCUT2D eigenvalue weighted by atomic mass is 9.87. The number of rotatable bonds is 4. The van der Waals surface area contributed by atoms with Crippen molar-refractivity contribution in [1.29, 1.82) is 0 Å². The van der Waals surface area contributed by atoms with E-state index in [0.29, 0.717) is 29.2 Å². The molecule has 0 fully saturated rings. The zero-order valence-electron chi connectivity index (χ0n) is 18.8. The van der Waals surface area contributed by atoms with Crippen LogP contribution in [-0.2, 0) is 6.42 Å². The molecule has 0 amide bonds. The number of methoxy groups -OCH3 is 1. The number of carbonyl (C=O) groups excluding carboxylic acids is 1. The first-order valence-electron chi connectivity index (χ1n) is 11.0. The van der Waals surface area contributed by atoms with Gasteiger partial charge in [-0.1, -0.05) is 42.2 Å². The van der Waals surface area contributed by atoms with Gasteiger partial charge < -0.3 is 14.2 Å². The Hall–Kier alpha value is -3.75. The standard InChI is InChI=1S/C28H25NO4/c1-29-14-13-22-16-25-27(33-18-32-25)28(31-2)26(22)23(29)17-24(30)21-10-6-9-20(15-21)12-11-19-7-4-3-5-8-19/h3-10,15-16,23H,13-14,17-18H2,1-2H3/t23-/m0/s1. The van der Waals surface area contributed by atoms with E-state index in [0.717, 1.165) is 35.2 Å². The molecule has 33 heavy (non-hydrogen) atoms. The van der Waals surface area contributed by atoms with Gasteiger partial charge in [0.25, 0.3) is 0 Å². The highest BCUT2D eigenvalue weighted by Gasteiger charge is 2.35. The maximum atomic E-state index is 13.4. The molecule has 3 aromatic carbocycles. The number of hydrogen-bond donors (Lipinski definition) is 0. The Kier molecular flexibility index (Phi) is 5.77. The zero-order valence-corrected chi connectivity index (χ0v) is 18.8. The number of ketones is 1. The van der Waals surface area contributed by atoms with E-state index in [1.54, 1.807) is 7.11 Å². The first-order valence-corrected chi connectivity index (χ1v) is 11.0. The molecular weight excluding hydrogens is 414 g/mol. The Bertz CT molecular complexity index is 1260. The third-order valence-corrected chi connectivity index (χ3v) is 6.24. The number of benzene rings is 3. The summed E-state index contributed by atoms with van der Waals surface area (Å²) in [4.78, 5) is 15.6. The lowest BCUT2D eigenvalue weighted by molar-refractivity contribution is 0.0925. The summed E-state index contributed by atoms with van der Waals surface area (Å²) < 4.78 is 17.0. The van der Waals surface area contributed by atoms with Crippen LogP contribution in [0.4, 0.5) is 0 Å². The second kappa shape index (κ2) is 9.01. The summed E-state index contributed by atoms with van der Waals surface area (Å²) in [7, 11) is 3.69. The van der Waals surface area contributed by atoms with E-state index in [9.17, 15) is 4.79 Å². The van der Waals surface area contributed by atoms with Crippen LogP contribution in [0.25, 0.3) is 0 Å². The summed E-state index contributed by atoms with van der Waals surface area (Å²) in [6.07, 6.45) is 1.21. The molecule has 3 aromatic rings. The Morgan fingerprint density at radius 1 is 1.06 bits per heavy atom. The number of nitrogens with zero attached hydrogens (tertiary/aromatic N) is 1. The number of likely N-dealkylation sites (N-methyl/N-ethyl adjacent to an activating group) is 1. The van der Waals surface area contributed by atoms with E-state index in [-0.39, 0.29) is 18.6 Å². The van der Waals surface area contributed by atoms with Crippen LogP contribution >= 0.6 is 0 Å². The van der Waals surface area contributed by atoms with Crippen molar-refractivity contribution in [3.63, 3.8) is 0 Å². The fraction of sp³-hybridized carbons (Fsp3) is 0.250. The molecule has 0 aliphatic carbocycles. The van der Waals surface area contributed by atoms with E-state index in [2.05, 4.69) is 16.7 Å². The topological polar surface area (TPSA) is 48.0 Å². The van der Waals surface area contributed by atoms with E-state index in [1.807, 2.05) is 67.7 Å². The van der Waals surface area contributed by atoms with Gasteiger partial charge in [0.2, 0.25) is 12.5 Å². The first kappa shape index (κ1) is 21.1. The number of ether oxygens (including phenoxy) is 3. The Balaban J connectivity index is 1.43. The van der Waals surface area contributed by atoms with Gasteiger partial charge in [-0.05, 0) is 49.4 Å². The second-order valence-corrected chi connectivity index (χ2v) is 8.29. The van der Waals surface area contributed by atoms with Gasteiger partial charge in [0.15, 0.2) is 17.3 Å². The van der Waals surface area contributed by atoms with Crippen molar-refractivity contribution in [2.24, 2.45) is 0 Å². The summed E-state index contributed by atoms with van der Waals surface area (Å²) >= 11 is 0. The van der Waals surface area contributed by atoms with Crippen LogP contribution in [0.1, 0.15) is 45.1 Å². The molecule has 0 radical (unpaired) electrons. The molecule has 0 aromatic heterocycles. The molecule has 0 unspecified atom stereocenters. The molecule has 0 N–H and O–H groups in total. The maximum Gasteiger partial charge on any atom is 0.231 e. The molecule has 5 nitrogen and oxygen atoms in total. The number of carbonyl (C=O) groups is 1. The minimum Gasteiger partial charge on any atom is -0.492 e. The Labute approximate surface area is 193 Å². The average Bonchev–Trinajstić information content (AvgIpc) is 3.32. The largest absolute Gasteiger partial charge is 0.492 e. The Morgan fingerprint density at radius 2 is 1.85 bits per heavy atom. The van der Waals surface area contributed by atoms with Crippen LogP contribution in [0.5, 0.6) is 17.2 Å². The number of Topliss-reactive ketones (excluding diaryl/α,β-unsaturated/α-hetero) is 1. The maximum absolute atomic E-state index is 13.4. The van der Waals surface area contributed by atoms with Crippen molar-refractivity contribution in [2.75, 3.05) is 27.5 Å². The van der Waals surface area contributed by atoms with Gasteiger partial charge in [0.1, 0.15) is 0 Å². The summed E-state index contributed by atoms with van der Waals surface area (Å²) in [6.45, 7) is 1.04. The van der Waals surface area contributed by atoms with Gasteiger partial charge in [0.05, 0.1) is 7.11 Å². The zero-order chi connectivity index (χ0) is 22.8. The fourth-order valence-electron chi connectivity index (χ4n) is 4.51. The predicted molar refractivity (Wildman–Crippen MR) is 126 cm³/mol. The van der Waals surface area contributed by atoms with Gasteiger partial charge in [-0.25, -0.2) is 0 Å². The van der Waals surface area contributed by atoms with Crippen LogP contribution in [0, 0.1) is 11.8 Å². The molecule has 0 spiro atoms. The van der Waals surface area contributed by atoms with Crippen molar-refractivity contribution in [1.82, 2.24) is 4.90 Å². The van der Waals surface area contributed by atoms with Crippen LogP contribution in [0.15, 0.2) is 60.7 Å². The molecule has 2 heterocycles. The average molecular weight is 440 g/mol. The van der Waals surface area contributed by atoms with E-state index < -0.39 is 0 Å². The van der Waals surface area contributed by atoms with E-state index >= 15 is 0 Å². The molecular formula is C28H25NO4. The van der Waals surface area contributed by atoms with Crippen LogP contribution in [0.2, 0.25) is 0 Å².